The standard InChI is InChI=1S/C19H30N4O4.HI/c1-4-26-19(24)23-11-9-15(10-12-23)22-18(20)21-13-14(2)27-17-7-5-16(25-3)6-8-17;/h5-8,14-15H,4,9-13H2,1-3H3,(H3,20,21,22);1H. The van der Waals surface area contributed by atoms with Crippen LogP contribution < -0.4 is 20.5 Å². The second-order valence-corrected chi connectivity index (χ2v) is 6.43. The number of nitrogens with zero attached hydrogens (tertiary/aromatic N) is 2. The molecule has 1 fully saturated rings. The van der Waals surface area contributed by atoms with E-state index in [0.717, 1.165) is 24.3 Å². The first-order valence-electron chi connectivity index (χ1n) is 9.30. The van der Waals surface area contributed by atoms with Gasteiger partial charge in [0.15, 0.2) is 5.96 Å². The van der Waals surface area contributed by atoms with Gasteiger partial charge in [-0.15, -0.1) is 24.0 Å². The molecule has 0 aliphatic carbocycles. The predicted molar refractivity (Wildman–Crippen MR) is 120 cm³/mol. The van der Waals surface area contributed by atoms with Gasteiger partial charge < -0.3 is 30.2 Å². The van der Waals surface area contributed by atoms with Crippen LogP contribution in [0, 0.1) is 0 Å². The number of methoxy groups -OCH3 is 1. The normalized spacial score (nSPS) is 16.0. The monoisotopic (exact) mass is 506 g/mol. The first-order chi connectivity index (χ1) is 13.0. The quantitative estimate of drug-likeness (QED) is 0.335. The van der Waals surface area contributed by atoms with E-state index in [1.165, 1.54) is 0 Å². The fraction of sp³-hybridized carbons (Fsp3) is 0.579. The number of amides is 1. The second-order valence-electron chi connectivity index (χ2n) is 6.43. The van der Waals surface area contributed by atoms with E-state index in [0.29, 0.717) is 32.2 Å². The van der Waals surface area contributed by atoms with Gasteiger partial charge in [0.25, 0.3) is 0 Å². The maximum absolute atomic E-state index is 11.7. The van der Waals surface area contributed by atoms with Gasteiger partial charge in [-0.25, -0.2) is 9.79 Å². The lowest BCUT2D eigenvalue weighted by atomic mass is 10.1. The Morgan fingerprint density at radius 3 is 2.46 bits per heavy atom. The molecule has 0 radical (unpaired) electrons. The highest BCUT2D eigenvalue weighted by molar-refractivity contribution is 14.0. The number of carbonyl (C=O) groups is 1. The predicted octanol–water partition coefficient (Wildman–Crippen LogP) is 2.61. The molecule has 8 nitrogen and oxygen atoms in total. The number of rotatable bonds is 7. The number of guanidine groups is 1. The van der Waals surface area contributed by atoms with Crippen molar-refractivity contribution in [3.8, 4) is 11.5 Å². The van der Waals surface area contributed by atoms with Crippen molar-refractivity contribution in [2.45, 2.75) is 38.8 Å². The number of aliphatic imine (C=N–C) groups is 1. The first-order valence-corrected chi connectivity index (χ1v) is 9.30. The number of ether oxygens (including phenoxy) is 3. The van der Waals surface area contributed by atoms with E-state index in [1.807, 2.05) is 38.1 Å². The summed E-state index contributed by atoms with van der Waals surface area (Å²) in [6.07, 6.45) is 1.27. The van der Waals surface area contributed by atoms with E-state index in [4.69, 9.17) is 19.9 Å². The summed E-state index contributed by atoms with van der Waals surface area (Å²) >= 11 is 0. The lowest BCUT2D eigenvalue weighted by Crippen LogP contribution is -2.48. The molecule has 1 atom stereocenters. The molecule has 0 saturated carbocycles. The average molecular weight is 506 g/mol. The summed E-state index contributed by atoms with van der Waals surface area (Å²) in [4.78, 5) is 17.8. The van der Waals surface area contributed by atoms with Gasteiger partial charge in [0.05, 0.1) is 20.3 Å². The van der Waals surface area contributed by atoms with Crippen LogP contribution >= 0.6 is 24.0 Å². The molecule has 158 valence electrons. The number of benzene rings is 1. The molecule has 2 rings (SSSR count). The number of halogens is 1. The number of piperidine rings is 1. The molecule has 1 saturated heterocycles. The molecular weight excluding hydrogens is 475 g/mol. The Labute approximate surface area is 183 Å². The topological polar surface area (TPSA) is 98.4 Å². The van der Waals surface area contributed by atoms with E-state index in [2.05, 4.69) is 10.3 Å². The van der Waals surface area contributed by atoms with Crippen molar-refractivity contribution in [3.63, 3.8) is 0 Å². The number of hydrogen-bond donors (Lipinski definition) is 2. The molecule has 1 aliphatic heterocycles. The molecule has 0 spiro atoms. The summed E-state index contributed by atoms with van der Waals surface area (Å²) in [5.74, 6) is 1.95. The largest absolute Gasteiger partial charge is 0.497 e. The Hall–Kier alpha value is -1.91. The molecular formula is C19H31IN4O4. The van der Waals surface area contributed by atoms with Gasteiger partial charge in [-0.2, -0.15) is 0 Å². The third-order valence-corrected chi connectivity index (χ3v) is 4.29. The van der Waals surface area contributed by atoms with Crippen molar-refractivity contribution in [2.75, 3.05) is 33.4 Å². The fourth-order valence-electron chi connectivity index (χ4n) is 2.83. The molecule has 1 aromatic carbocycles. The van der Waals surface area contributed by atoms with Gasteiger partial charge in [0.2, 0.25) is 0 Å². The SMILES string of the molecule is CCOC(=O)N1CCC(NC(N)=NCC(C)Oc2ccc(OC)cc2)CC1.I. The summed E-state index contributed by atoms with van der Waals surface area (Å²) in [5, 5.41) is 3.22. The van der Waals surface area contributed by atoms with Crippen LogP contribution in [0.5, 0.6) is 11.5 Å². The van der Waals surface area contributed by atoms with Gasteiger partial charge in [0.1, 0.15) is 17.6 Å². The number of nitrogens with two attached hydrogens (primary N) is 1. The van der Waals surface area contributed by atoms with Crippen molar-refractivity contribution in [1.29, 1.82) is 0 Å². The zero-order valence-electron chi connectivity index (χ0n) is 16.7. The second kappa shape index (κ2) is 12.5. The van der Waals surface area contributed by atoms with Crippen LogP contribution in [0.4, 0.5) is 4.79 Å². The van der Waals surface area contributed by atoms with E-state index >= 15 is 0 Å². The lowest BCUT2D eigenvalue weighted by molar-refractivity contribution is 0.0963. The highest BCUT2D eigenvalue weighted by Crippen LogP contribution is 2.18. The Kier molecular flexibility index (Phi) is 10.8. The summed E-state index contributed by atoms with van der Waals surface area (Å²) in [6, 6.07) is 7.63. The number of hydrogen-bond acceptors (Lipinski definition) is 5. The van der Waals surface area contributed by atoms with Gasteiger partial charge in [-0.1, -0.05) is 0 Å². The van der Waals surface area contributed by atoms with Gasteiger partial charge in [0, 0.05) is 19.1 Å². The molecule has 9 heteroatoms. The molecule has 1 unspecified atom stereocenters. The number of carbonyl (C=O) groups excluding carboxylic acids is 1. The number of likely N-dealkylation sites (tertiary alicyclic amines) is 1. The zero-order valence-corrected chi connectivity index (χ0v) is 19.1. The minimum absolute atomic E-state index is 0. The molecule has 1 aromatic rings. The Morgan fingerprint density at radius 2 is 1.89 bits per heavy atom. The third kappa shape index (κ3) is 7.99. The average Bonchev–Trinajstić information content (AvgIpc) is 2.68. The van der Waals surface area contributed by atoms with Crippen molar-refractivity contribution >= 4 is 36.0 Å². The van der Waals surface area contributed by atoms with Crippen molar-refractivity contribution in [3.05, 3.63) is 24.3 Å². The van der Waals surface area contributed by atoms with Crippen LogP contribution in [0.2, 0.25) is 0 Å². The summed E-state index contributed by atoms with van der Waals surface area (Å²) in [7, 11) is 1.63. The fourth-order valence-corrected chi connectivity index (χ4v) is 2.83. The van der Waals surface area contributed by atoms with Crippen LogP contribution in [0.3, 0.4) is 0 Å². The Bertz CT molecular complexity index is 619. The van der Waals surface area contributed by atoms with Crippen LogP contribution in [0.1, 0.15) is 26.7 Å². The minimum Gasteiger partial charge on any atom is -0.497 e. The molecule has 3 N–H and O–H groups in total. The highest BCUT2D eigenvalue weighted by Gasteiger charge is 2.23. The van der Waals surface area contributed by atoms with E-state index < -0.39 is 0 Å². The maximum atomic E-state index is 11.7. The number of nitrogens with one attached hydrogen (secondary N) is 1. The highest BCUT2D eigenvalue weighted by atomic mass is 127. The van der Waals surface area contributed by atoms with Crippen LogP contribution in [0.25, 0.3) is 0 Å². The van der Waals surface area contributed by atoms with Gasteiger partial charge in [-0.05, 0) is 51.0 Å². The summed E-state index contributed by atoms with van der Waals surface area (Å²) in [5.41, 5.74) is 5.99. The van der Waals surface area contributed by atoms with E-state index in [1.54, 1.807) is 12.0 Å². The first kappa shape index (κ1) is 24.1. The van der Waals surface area contributed by atoms with Crippen molar-refractivity contribution < 1.29 is 19.0 Å². The maximum Gasteiger partial charge on any atom is 0.409 e. The van der Waals surface area contributed by atoms with Gasteiger partial charge >= 0.3 is 6.09 Å². The zero-order chi connectivity index (χ0) is 19.6. The molecule has 1 aliphatic rings. The van der Waals surface area contributed by atoms with Crippen LogP contribution in [-0.4, -0.2) is 62.4 Å². The molecule has 28 heavy (non-hydrogen) atoms. The van der Waals surface area contributed by atoms with E-state index in [9.17, 15) is 4.79 Å². The minimum atomic E-state index is -0.248. The third-order valence-electron chi connectivity index (χ3n) is 4.29. The molecule has 0 bridgehead atoms. The van der Waals surface area contributed by atoms with Crippen LogP contribution in [0.15, 0.2) is 29.3 Å². The molecule has 0 aromatic heterocycles. The van der Waals surface area contributed by atoms with Crippen LogP contribution in [-0.2, 0) is 4.74 Å². The molecule has 1 heterocycles. The van der Waals surface area contributed by atoms with E-state index in [-0.39, 0.29) is 42.2 Å². The summed E-state index contributed by atoms with van der Waals surface area (Å²) < 4.78 is 16.0. The Balaban J connectivity index is 0.00000392. The molecule has 1 amide bonds. The summed E-state index contributed by atoms with van der Waals surface area (Å²) in [6.45, 7) is 5.91. The smallest absolute Gasteiger partial charge is 0.409 e. The van der Waals surface area contributed by atoms with Crippen molar-refractivity contribution in [2.24, 2.45) is 10.7 Å². The Morgan fingerprint density at radius 1 is 1.29 bits per heavy atom. The lowest BCUT2D eigenvalue weighted by Gasteiger charge is -2.31. The van der Waals surface area contributed by atoms with Gasteiger partial charge in [-0.3, -0.25) is 0 Å². The van der Waals surface area contributed by atoms with Crippen molar-refractivity contribution in [1.82, 2.24) is 10.2 Å².